The summed E-state index contributed by atoms with van der Waals surface area (Å²) in [5.74, 6) is 0.361. The summed E-state index contributed by atoms with van der Waals surface area (Å²) in [6.45, 7) is 6.75. The van der Waals surface area contributed by atoms with Gasteiger partial charge in [0.25, 0.3) is 0 Å². The van der Waals surface area contributed by atoms with Crippen molar-refractivity contribution in [3.05, 3.63) is 0 Å². The summed E-state index contributed by atoms with van der Waals surface area (Å²) in [5.41, 5.74) is 0. The molecule has 2 nitrogen and oxygen atoms in total. The van der Waals surface area contributed by atoms with Gasteiger partial charge in [0.05, 0.1) is 6.10 Å². The summed E-state index contributed by atoms with van der Waals surface area (Å²) in [6.07, 6.45) is 3.68. The Hall–Kier alpha value is -0.370. The molecule has 0 unspecified atom stereocenters. The Morgan fingerprint density at radius 3 is 2.50 bits per heavy atom. The van der Waals surface area contributed by atoms with Crippen molar-refractivity contribution in [3.8, 4) is 0 Å². The maximum Gasteiger partial charge on any atom is 0.132 e. The maximum absolute atomic E-state index is 10.9. The van der Waals surface area contributed by atoms with Crippen molar-refractivity contribution in [1.29, 1.82) is 0 Å². The van der Waals surface area contributed by atoms with Crippen molar-refractivity contribution in [2.75, 3.05) is 6.61 Å². The Labute approximate surface area is 75.3 Å². The highest BCUT2D eigenvalue weighted by molar-refractivity contribution is 5.77. The Kier molecular flexibility index (Phi) is 7.06. The molecule has 0 bridgehead atoms. The third kappa shape index (κ3) is 7.73. The van der Waals surface area contributed by atoms with E-state index in [1.165, 1.54) is 0 Å². The second-order valence-corrected chi connectivity index (χ2v) is 3.27. The van der Waals surface area contributed by atoms with Gasteiger partial charge in [-0.2, -0.15) is 0 Å². The van der Waals surface area contributed by atoms with E-state index in [9.17, 15) is 4.79 Å². The zero-order chi connectivity index (χ0) is 9.40. The van der Waals surface area contributed by atoms with E-state index < -0.39 is 0 Å². The highest BCUT2D eigenvalue weighted by Gasteiger charge is 1.98. The van der Waals surface area contributed by atoms with Crippen LogP contribution in [0.1, 0.15) is 46.5 Å². The van der Waals surface area contributed by atoms with Gasteiger partial charge in [-0.05, 0) is 26.7 Å². The molecule has 72 valence electrons. The number of ether oxygens (including phenoxy) is 1. The van der Waals surface area contributed by atoms with Crippen molar-refractivity contribution in [2.45, 2.75) is 52.6 Å². The summed E-state index contributed by atoms with van der Waals surface area (Å²) in [7, 11) is 0. The second-order valence-electron chi connectivity index (χ2n) is 3.27. The van der Waals surface area contributed by atoms with Gasteiger partial charge in [0, 0.05) is 19.4 Å². The molecule has 0 aliphatic rings. The van der Waals surface area contributed by atoms with Crippen LogP contribution in [0.2, 0.25) is 0 Å². The SMILES string of the molecule is CCC(=O)CCCCOC(C)C. The average molecular weight is 172 g/mol. The van der Waals surface area contributed by atoms with Gasteiger partial charge in [-0.3, -0.25) is 4.79 Å². The summed E-state index contributed by atoms with van der Waals surface area (Å²) in [6, 6.07) is 0. The van der Waals surface area contributed by atoms with E-state index in [0.29, 0.717) is 18.3 Å². The van der Waals surface area contributed by atoms with Gasteiger partial charge in [-0.1, -0.05) is 6.92 Å². The molecule has 2 heteroatoms. The Balaban J connectivity index is 3.05. The molecule has 0 saturated heterocycles. The van der Waals surface area contributed by atoms with Crippen LogP contribution in [0.25, 0.3) is 0 Å². The van der Waals surface area contributed by atoms with Crippen molar-refractivity contribution < 1.29 is 9.53 Å². The van der Waals surface area contributed by atoms with Crippen LogP contribution in [0.15, 0.2) is 0 Å². The number of carbonyl (C=O) groups is 1. The molecule has 0 rings (SSSR count). The van der Waals surface area contributed by atoms with Crippen molar-refractivity contribution in [3.63, 3.8) is 0 Å². The Bertz CT molecular complexity index is 119. The summed E-state index contributed by atoms with van der Waals surface area (Å²) < 4.78 is 5.35. The molecule has 0 spiro atoms. The fraction of sp³-hybridized carbons (Fsp3) is 0.900. The van der Waals surface area contributed by atoms with Crippen LogP contribution < -0.4 is 0 Å². The molecule has 0 atom stereocenters. The van der Waals surface area contributed by atoms with Crippen molar-refractivity contribution in [2.24, 2.45) is 0 Å². The van der Waals surface area contributed by atoms with Crippen LogP contribution in [0, 0.1) is 0 Å². The van der Waals surface area contributed by atoms with Gasteiger partial charge in [-0.15, -0.1) is 0 Å². The van der Waals surface area contributed by atoms with Crippen molar-refractivity contribution >= 4 is 5.78 Å². The van der Waals surface area contributed by atoms with E-state index in [0.717, 1.165) is 25.9 Å². The number of carbonyl (C=O) groups excluding carboxylic acids is 1. The van der Waals surface area contributed by atoms with Gasteiger partial charge < -0.3 is 4.74 Å². The molecule has 0 saturated carbocycles. The predicted octanol–water partition coefficient (Wildman–Crippen LogP) is 2.56. The van der Waals surface area contributed by atoms with E-state index in [-0.39, 0.29) is 0 Å². The van der Waals surface area contributed by atoms with E-state index in [1.54, 1.807) is 0 Å². The highest BCUT2D eigenvalue weighted by Crippen LogP contribution is 2.00. The number of hydrogen-bond donors (Lipinski definition) is 0. The minimum Gasteiger partial charge on any atom is -0.379 e. The van der Waals surface area contributed by atoms with Gasteiger partial charge in [0.2, 0.25) is 0 Å². The van der Waals surface area contributed by atoms with Gasteiger partial charge in [-0.25, -0.2) is 0 Å². The van der Waals surface area contributed by atoms with Crippen LogP contribution in [-0.2, 0) is 9.53 Å². The van der Waals surface area contributed by atoms with E-state index in [4.69, 9.17) is 4.74 Å². The topological polar surface area (TPSA) is 26.3 Å². The molecule has 0 aromatic rings. The zero-order valence-electron chi connectivity index (χ0n) is 8.43. The number of Topliss-reactive ketones (excluding diaryl/α,β-unsaturated/α-hetero) is 1. The predicted molar refractivity (Wildman–Crippen MR) is 50.2 cm³/mol. The molecule has 0 radical (unpaired) electrons. The maximum atomic E-state index is 10.9. The van der Waals surface area contributed by atoms with Crippen LogP contribution in [0.5, 0.6) is 0 Å². The number of unbranched alkanes of at least 4 members (excludes halogenated alkanes) is 1. The fourth-order valence-corrected chi connectivity index (χ4v) is 0.920. The van der Waals surface area contributed by atoms with Gasteiger partial charge in [0.15, 0.2) is 0 Å². The van der Waals surface area contributed by atoms with Crippen LogP contribution in [-0.4, -0.2) is 18.5 Å². The quantitative estimate of drug-likeness (QED) is 0.552. The largest absolute Gasteiger partial charge is 0.379 e. The zero-order valence-corrected chi connectivity index (χ0v) is 8.43. The number of ketones is 1. The lowest BCUT2D eigenvalue weighted by Crippen LogP contribution is -2.04. The minimum atomic E-state index is 0.312. The lowest BCUT2D eigenvalue weighted by molar-refractivity contribution is -0.118. The highest BCUT2D eigenvalue weighted by atomic mass is 16.5. The third-order valence-electron chi connectivity index (χ3n) is 1.70. The standard InChI is InChI=1S/C10H20O2/c1-4-10(11)7-5-6-8-12-9(2)3/h9H,4-8H2,1-3H3. The van der Waals surface area contributed by atoms with Gasteiger partial charge >= 0.3 is 0 Å². The van der Waals surface area contributed by atoms with Crippen LogP contribution in [0.3, 0.4) is 0 Å². The summed E-state index contributed by atoms with van der Waals surface area (Å²) in [5, 5.41) is 0. The first kappa shape index (κ1) is 11.6. The van der Waals surface area contributed by atoms with Crippen LogP contribution in [0.4, 0.5) is 0 Å². The summed E-state index contributed by atoms with van der Waals surface area (Å²) in [4.78, 5) is 10.9. The molecule has 0 aromatic carbocycles. The van der Waals surface area contributed by atoms with E-state index in [2.05, 4.69) is 0 Å². The minimum absolute atomic E-state index is 0.312. The molecule has 0 fully saturated rings. The molecule has 0 amide bonds. The molecule has 0 aliphatic carbocycles. The van der Waals surface area contributed by atoms with E-state index in [1.807, 2.05) is 20.8 Å². The lowest BCUT2D eigenvalue weighted by atomic mass is 10.1. The van der Waals surface area contributed by atoms with Gasteiger partial charge in [0.1, 0.15) is 5.78 Å². The number of hydrogen-bond acceptors (Lipinski definition) is 2. The average Bonchev–Trinajstić information content (AvgIpc) is 2.03. The first-order valence-corrected chi connectivity index (χ1v) is 4.80. The smallest absolute Gasteiger partial charge is 0.132 e. The lowest BCUT2D eigenvalue weighted by Gasteiger charge is -2.06. The molecule has 0 N–H and O–H groups in total. The molecule has 12 heavy (non-hydrogen) atoms. The molecule has 0 aliphatic heterocycles. The second kappa shape index (κ2) is 7.29. The molecular formula is C10H20O2. The number of rotatable bonds is 7. The molecule has 0 heterocycles. The normalized spacial score (nSPS) is 10.7. The summed E-state index contributed by atoms with van der Waals surface area (Å²) >= 11 is 0. The fourth-order valence-electron chi connectivity index (χ4n) is 0.920. The van der Waals surface area contributed by atoms with Crippen molar-refractivity contribution in [1.82, 2.24) is 0 Å². The monoisotopic (exact) mass is 172 g/mol. The Morgan fingerprint density at radius 2 is 2.00 bits per heavy atom. The van der Waals surface area contributed by atoms with Crippen LogP contribution >= 0.6 is 0 Å². The Morgan fingerprint density at radius 1 is 1.33 bits per heavy atom. The molecular weight excluding hydrogens is 152 g/mol. The third-order valence-corrected chi connectivity index (χ3v) is 1.70. The molecule has 0 aromatic heterocycles. The first-order valence-electron chi connectivity index (χ1n) is 4.80. The first-order chi connectivity index (χ1) is 5.66. The van der Waals surface area contributed by atoms with E-state index >= 15 is 0 Å².